The fraction of sp³-hybridized carbons (Fsp3) is 0.286. The van der Waals surface area contributed by atoms with Crippen molar-refractivity contribution >= 4 is 18.3 Å². The first kappa shape index (κ1) is 11.2. The van der Waals surface area contributed by atoms with Crippen molar-refractivity contribution in [2.45, 2.75) is 6.92 Å². The molecule has 0 aliphatic carbocycles. The quantitative estimate of drug-likeness (QED) is 0.287. The molecule has 0 aromatic carbocycles. The average Bonchev–Trinajstić information content (AvgIpc) is 2.10. The van der Waals surface area contributed by atoms with Gasteiger partial charge in [-0.25, -0.2) is 9.59 Å². The number of hydrogen-bond acceptors (Lipinski definition) is 4. The van der Waals surface area contributed by atoms with E-state index in [1.807, 2.05) is 0 Å². The van der Waals surface area contributed by atoms with E-state index in [-0.39, 0.29) is 12.1 Å². The molecule has 0 heterocycles. The third-order valence-corrected chi connectivity index (χ3v) is 0.990. The fourth-order valence-electron chi connectivity index (χ4n) is 0.387. The molecule has 1 amide bonds. The summed E-state index contributed by atoms with van der Waals surface area (Å²) in [5.41, 5.74) is -0.127. The van der Waals surface area contributed by atoms with Gasteiger partial charge in [-0.15, -0.1) is 0 Å². The zero-order valence-electron chi connectivity index (χ0n) is 7.11. The van der Waals surface area contributed by atoms with Gasteiger partial charge in [0.15, 0.2) is 0 Å². The van der Waals surface area contributed by atoms with Crippen LogP contribution >= 0.6 is 0 Å². The van der Waals surface area contributed by atoms with E-state index in [4.69, 9.17) is 5.11 Å². The number of carbonyl (C=O) groups is 2. The van der Waals surface area contributed by atoms with E-state index in [1.165, 1.54) is 6.21 Å². The highest BCUT2D eigenvalue weighted by atomic mass is 16.7. The maximum atomic E-state index is 10.6. The number of oxime groups is 1. The Balaban J connectivity index is 3.70. The Morgan fingerprint density at radius 1 is 1.69 bits per heavy atom. The lowest BCUT2D eigenvalue weighted by atomic mass is 10.3. The van der Waals surface area contributed by atoms with E-state index in [2.05, 4.69) is 21.9 Å². The van der Waals surface area contributed by atoms with Gasteiger partial charge in [-0.3, -0.25) is 4.84 Å². The second kappa shape index (κ2) is 5.76. The third-order valence-electron chi connectivity index (χ3n) is 0.990. The van der Waals surface area contributed by atoms with E-state index in [9.17, 15) is 9.59 Å². The Morgan fingerprint density at radius 2 is 2.31 bits per heavy atom. The van der Waals surface area contributed by atoms with Crippen molar-refractivity contribution in [3.8, 4) is 0 Å². The number of nitrogens with one attached hydrogen (secondary N) is 1. The summed E-state index contributed by atoms with van der Waals surface area (Å²) in [5, 5.41) is 13.7. The summed E-state index contributed by atoms with van der Waals surface area (Å²) in [4.78, 5) is 25.1. The van der Waals surface area contributed by atoms with Crippen LogP contribution in [0.1, 0.15) is 6.92 Å². The van der Waals surface area contributed by atoms with Gasteiger partial charge in [-0.1, -0.05) is 11.7 Å². The first-order chi connectivity index (χ1) is 6.07. The fourth-order valence-corrected chi connectivity index (χ4v) is 0.387. The van der Waals surface area contributed by atoms with Crippen molar-refractivity contribution < 1.29 is 19.5 Å². The highest BCUT2D eigenvalue weighted by molar-refractivity contribution is 5.87. The van der Waals surface area contributed by atoms with Gasteiger partial charge in [0.2, 0.25) is 0 Å². The minimum absolute atomic E-state index is 0.127. The number of carboxylic acid groups (broad SMARTS) is 1. The van der Waals surface area contributed by atoms with Gasteiger partial charge >= 0.3 is 12.1 Å². The molecule has 0 fully saturated rings. The SMILES string of the molecule is C=C(CNC(=O)O/N=C/C)C(=O)O. The maximum Gasteiger partial charge on any atom is 0.433 e. The Morgan fingerprint density at radius 3 is 2.77 bits per heavy atom. The van der Waals surface area contributed by atoms with Crippen molar-refractivity contribution in [3.63, 3.8) is 0 Å². The molecule has 0 bridgehead atoms. The Bertz CT molecular complexity index is 247. The van der Waals surface area contributed by atoms with Crippen molar-refractivity contribution in [2.24, 2.45) is 5.16 Å². The summed E-state index contributed by atoms with van der Waals surface area (Å²) in [6.45, 7) is 4.60. The minimum Gasteiger partial charge on any atom is -0.478 e. The van der Waals surface area contributed by atoms with Crippen LogP contribution in [0.25, 0.3) is 0 Å². The zero-order chi connectivity index (χ0) is 10.3. The highest BCUT2D eigenvalue weighted by Crippen LogP contribution is 1.87. The van der Waals surface area contributed by atoms with Gasteiger partial charge in [-0.05, 0) is 6.92 Å². The molecule has 6 nitrogen and oxygen atoms in total. The molecule has 0 rings (SSSR count). The van der Waals surface area contributed by atoms with Crippen LogP contribution in [0.4, 0.5) is 4.79 Å². The van der Waals surface area contributed by atoms with Crippen LogP contribution < -0.4 is 5.32 Å². The molecule has 0 saturated carbocycles. The van der Waals surface area contributed by atoms with Crippen LogP contribution in [-0.4, -0.2) is 29.9 Å². The van der Waals surface area contributed by atoms with Gasteiger partial charge in [0.25, 0.3) is 0 Å². The average molecular weight is 186 g/mol. The molecule has 0 aromatic rings. The van der Waals surface area contributed by atoms with Gasteiger partial charge < -0.3 is 10.4 Å². The van der Waals surface area contributed by atoms with Crippen molar-refractivity contribution in [3.05, 3.63) is 12.2 Å². The van der Waals surface area contributed by atoms with Crippen LogP contribution in [0.5, 0.6) is 0 Å². The van der Waals surface area contributed by atoms with Crippen molar-refractivity contribution in [2.75, 3.05) is 6.54 Å². The smallest absolute Gasteiger partial charge is 0.433 e. The largest absolute Gasteiger partial charge is 0.478 e. The van der Waals surface area contributed by atoms with Crippen LogP contribution in [0.3, 0.4) is 0 Å². The van der Waals surface area contributed by atoms with Crippen molar-refractivity contribution in [1.29, 1.82) is 0 Å². The van der Waals surface area contributed by atoms with Gasteiger partial charge in [0, 0.05) is 11.8 Å². The molecule has 2 N–H and O–H groups in total. The topological polar surface area (TPSA) is 88.0 Å². The predicted molar refractivity (Wildman–Crippen MR) is 45.4 cm³/mol. The second-order valence-electron chi connectivity index (χ2n) is 2.00. The molecule has 0 spiro atoms. The molecule has 0 unspecified atom stereocenters. The molecule has 0 saturated heterocycles. The molecule has 0 aromatic heterocycles. The minimum atomic E-state index is -1.17. The first-order valence-electron chi connectivity index (χ1n) is 3.41. The number of hydrogen-bond donors (Lipinski definition) is 2. The lowest BCUT2D eigenvalue weighted by molar-refractivity contribution is -0.132. The molecule has 72 valence electrons. The second-order valence-corrected chi connectivity index (χ2v) is 2.00. The first-order valence-corrected chi connectivity index (χ1v) is 3.41. The summed E-state index contributed by atoms with van der Waals surface area (Å²) in [6.07, 6.45) is 0.464. The van der Waals surface area contributed by atoms with E-state index >= 15 is 0 Å². The van der Waals surface area contributed by atoms with E-state index in [0.29, 0.717) is 0 Å². The lowest BCUT2D eigenvalue weighted by Crippen LogP contribution is -2.26. The normalized spacial score (nSPS) is 9.62. The van der Waals surface area contributed by atoms with Crippen molar-refractivity contribution in [1.82, 2.24) is 5.32 Å². The highest BCUT2D eigenvalue weighted by Gasteiger charge is 2.06. The predicted octanol–water partition coefficient (Wildman–Crippen LogP) is 0.359. The number of carboxylic acids is 1. The van der Waals surface area contributed by atoms with Crippen LogP contribution in [0, 0.1) is 0 Å². The summed E-state index contributed by atoms with van der Waals surface area (Å²) < 4.78 is 0. The molecule has 0 radical (unpaired) electrons. The summed E-state index contributed by atoms with van der Waals surface area (Å²) in [7, 11) is 0. The molecule has 13 heavy (non-hydrogen) atoms. The lowest BCUT2D eigenvalue weighted by Gasteiger charge is -2.01. The van der Waals surface area contributed by atoms with Gasteiger partial charge in [0.1, 0.15) is 0 Å². The zero-order valence-corrected chi connectivity index (χ0v) is 7.11. The summed E-state index contributed by atoms with van der Waals surface area (Å²) in [5.74, 6) is -1.17. The van der Waals surface area contributed by atoms with E-state index in [0.717, 1.165) is 0 Å². The van der Waals surface area contributed by atoms with Crippen LogP contribution in [0.15, 0.2) is 17.3 Å². The Hall–Kier alpha value is -1.85. The molecular formula is C7H10N2O4. The maximum absolute atomic E-state index is 10.6. The Kier molecular flexibility index (Phi) is 4.94. The molecular weight excluding hydrogens is 176 g/mol. The van der Waals surface area contributed by atoms with Gasteiger partial charge in [0.05, 0.1) is 6.54 Å². The molecule has 0 aliphatic heterocycles. The number of carbonyl (C=O) groups excluding carboxylic acids is 1. The molecule has 6 heteroatoms. The van der Waals surface area contributed by atoms with E-state index in [1.54, 1.807) is 6.92 Å². The number of rotatable bonds is 4. The number of nitrogens with zero attached hydrogens (tertiary/aromatic N) is 1. The van der Waals surface area contributed by atoms with Crippen LogP contribution in [-0.2, 0) is 9.63 Å². The van der Waals surface area contributed by atoms with E-state index < -0.39 is 12.1 Å². The molecule has 0 aliphatic rings. The summed E-state index contributed by atoms with van der Waals surface area (Å²) in [6, 6.07) is 0. The molecule has 0 atom stereocenters. The number of aliphatic carboxylic acids is 1. The van der Waals surface area contributed by atoms with Crippen LogP contribution in [0.2, 0.25) is 0 Å². The standard InChI is InChI=1S/C7H10N2O4/c1-3-9-13-7(12)8-4-5(2)6(10)11/h3H,2,4H2,1H3,(H,8,12)(H,10,11)/b9-3+. The Labute approximate surface area is 74.9 Å². The third kappa shape index (κ3) is 5.42. The number of amides is 1. The monoisotopic (exact) mass is 186 g/mol. The van der Waals surface area contributed by atoms with Gasteiger partial charge in [-0.2, -0.15) is 0 Å². The summed E-state index contributed by atoms with van der Waals surface area (Å²) >= 11 is 0.